The van der Waals surface area contributed by atoms with Crippen LogP contribution in [0.4, 0.5) is 0 Å². The molecular formula is C10H12N2O3. The first-order valence-corrected chi connectivity index (χ1v) is 4.28. The quantitative estimate of drug-likeness (QED) is 0.515. The molecule has 1 aromatic heterocycles. The average molecular weight is 208 g/mol. The summed E-state index contributed by atoms with van der Waals surface area (Å²) >= 11 is 0. The minimum atomic E-state index is -0.447. The normalized spacial score (nSPS) is 9.27. The molecule has 0 aliphatic carbocycles. The van der Waals surface area contributed by atoms with E-state index in [1.807, 2.05) is 0 Å². The lowest BCUT2D eigenvalue weighted by atomic mass is 10.2. The summed E-state index contributed by atoms with van der Waals surface area (Å²) in [7, 11) is 4.54. The number of carbonyl (C=O) groups excluding carboxylic acids is 1. The highest BCUT2D eigenvalue weighted by Gasteiger charge is 2.15. The highest BCUT2D eigenvalue weighted by atomic mass is 16.5. The van der Waals surface area contributed by atoms with Crippen molar-refractivity contribution in [2.24, 2.45) is 7.05 Å². The van der Waals surface area contributed by atoms with Crippen LogP contribution in [0.1, 0.15) is 16.1 Å². The second-order valence-electron chi connectivity index (χ2n) is 2.76. The Morgan fingerprint density at radius 2 is 2.33 bits per heavy atom. The molecule has 0 spiro atoms. The molecule has 0 aliphatic rings. The molecule has 0 fully saturated rings. The van der Waals surface area contributed by atoms with Crippen LogP contribution in [0.5, 0.6) is 0 Å². The van der Waals surface area contributed by atoms with E-state index in [-0.39, 0.29) is 0 Å². The van der Waals surface area contributed by atoms with E-state index >= 15 is 0 Å². The fourth-order valence-corrected chi connectivity index (χ4v) is 1.07. The third kappa shape index (κ3) is 2.58. The second kappa shape index (κ2) is 5.17. The van der Waals surface area contributed by atoms with E-state index in [1.54, 1.807) is 14.2 Å². The van der Waals surface area contributed by atoms with Gasteiger partial charge in [-0.25, -0.2) is 4.79 Å². The van der Waals surface area contributed by atoms with Gasteiger partial charge in [-0.05, 0) is 0 Å². The molecule has 5 heteroatoms. The van der Waals surface area contributed by atoms with Crippen LogP contribution in [0, 0.1) is 11.8 Å². The predicted molar refractivity (Wildman–Crippen MR) is 53.3 cm³/mol. The Bertz CT molecular complexity index is 412. The Balaban J connectivity index is 3.00. The summed E-state index contributed by atoms with van der Waals surface area (Å²) in [5.41, 5.74) is 0.891. The molecule has 0 atom stereocenters. The van der Waals surface area contributed by atoms with Gasteiger partial charge in [0, 0.05) is 14.2 Å². The minimum absolute atomic E-state index is 0.315. The van der Waals surface area contributed by atoms with Crippen LogP contribution in [-0.4, -0.2) is 36.6 Å². The minimum Gasteiger partial charge on any atom is -0.464 e. The SMILES string of the molecule is COCC#Cc1cnn(C)c1C(=O)OC. The van der Waals surface area contributed by atoms with Gasteiger partial charge in [-0.3, -0.25) is 4.68 Å². The second-order valence-corrected chi connectivity index (χ2v) is 2.76. The first-order valence-electron chi connectivity index (χ1n) is 4.28. The van der Waals surface area contributed by atoms with Crippen molar-refractivity contribution in [3.05, 3.63) is 17.5 Å². The lowest BCUT2D eigenvalue weighted by Crippen LogP contribution is -2.10. The monoisotopic (exact) mass is 208 g/mol. The molecule has 0 bridgehead atoms. The van der Waals surface area contributed by atoms with Crippen molar-refractivity contribution in [2.75, 3.05) is 20.8 Å². The summed E-state index contributed by atoms with van der Waals surface area (Å²) in [6, 6.07) is 0. The van der Waals surface area contributed by atoms with E-state index in [0.717, 1.165) is 0 Å². The molecule has 1 aromatic rings. The van der Waals surface area contributed by atoms with E-state index in [1.165, 1.54) is 18.0 Å². The van der Waals surface area contributed by atoms with Crippen molar-refractivity contribution in [3.8, 4) is 11.8 Å². The zero-order valence-corrected chi connectivity index (χ0v) is 8.90. The standard InChI is InChI=1S/C10H12N2O3/c1-12-9(10(13)15-3)8(7-11-12)5-4-6-14-2/h7H,6H2,1-3H3. The van der Waals surface area contributed by atoms with Gasteiger partial charge in [0.2, 0.25) is 0 Å². The van der Waals surface area contributed by atoms with Gasteiger partial charge in [0.05, 0.1) is 18.9 Å². The molecule has 0 saturated carbocycles. The number of rotatable bonds is 2. The molecule has 0 amide bonds. The van der Waals surface area contributed by atoms with E-state index in [0.29, 0.717) is 17.9 Å². The topological polar surface area (TPSA) is 53.4 Å². The van der Waals surface area contributed by atoms with E-state index in [4.69, 9.17) is 4.74 Å². The Morgan fingerprint density at radius 1 is 1.60 bits per heavy atom. The van der Waals surface area contributed by atoms with Crippen molar-refractivity contribution in [2.45, 2.75) is 0 Å². The number of aryl methyl sites for hydroxylation is 1. The van der Waals surface area contributed by atoms with E-state index in [2.05, 4.69) is 21.7 Å². The highest BCUT2D eigenvalue weighted by molar-refractivity contribution is 5.90. The molecule has 0 unspecified atom stereocenters. The lowest BCUT2D eigenvalue weighted by molar-refractivity contribution is 0.0588. The average Bonchev–Trinajstić information content (AvgIpc) is 2.59. The molecule has 0 aliphatic heterocycles. The van der Waals surface area contributed by atoms with Gasteiger partial charge in [0.25, 0.3) is 0 Å². The number of hydrogen-bond donors (Lipinski definition) is 0. The Kier molecular flexibility index (Phi) is 3.89. The van der Waals surface area contributed by atoms with Crippen molar-refractivity contribution in [1.82, 2.24) is 9.78 Å². The van der Waals surface area contributed by atoms with Crippen LogP contribution in [0.25, 0.3) is 0 Å². The Labute approximate surface area is 88.0 Å². The van der Waals surface area contributed by atoms with Crippen LogP contribution in [0.15, 0.2) is 6.20 Å². The van der Waals surface area contributed by atoms with Crippen LogP contribution in [0.3, 0.4) is 0 Å². The number of hydrogen-bond acceptors (Lipinski definition) is 4. The first-order chi connectivity index (χ1) is 7.20. The summed E-state index contributed by atoms with van der Waals surface area (Å²) < 4.78 is 10.8. The maximum absolute atomic E-state index is 11.4. The van der Waals surface area contributed by atoms with Gasteiger partial charge >= 0.3 is 5.97 Å². The molecule has 1 heterocycles. The van der Waals surface area contributed by atoms with Crippen LogP contribution in [-0.2, 0) is 16.5 Å². The van der Waals surface area contributed by atoms with Gasteiger partial charge in [0.15, 0.2) is 5.69 Å². The zero-order valence-electron chi connectivity index (χ0n) is 8.90. The maximum atomic E-state index is 11.4. The van der Waals surface area contributed by atoms with Crippen LogP contribution < -0.4 is 0 Å². The maximum Gasteiger partial charge on any atom is 0.357 e. The lowest BCUT2D eigenvalue weighted by Gasteiger charge is -1.99. The van der Waals surface area contributed by atoms with E-state index in [9.17, 15) is 4.79 Å². The fourth-order valence-electron chi connectivity index (χ4n) is 1.07. The van der Waals surface area contributed by atoms with Crippen molar-refractivity contribution >= 4 is 5.97 Å². The molecular weight excluding hydrogens is 196 g/mol. The number of methoxy groups -OCH3 is 2. The third-order valence-electron chi connectivity index (χ3n) is 1.76. The van der Waals surface area contributed by atoms with Crippen LogP contribution in [0.2, 0.25) is 0 Å². The third-order valence-corrected chi connectivity index (χ3v) is 1.76. The summed E-state index contributed by atoms with van der Waals surface area (Å²) in [6.07, 6.45) is 1.52. The molecule has 0 saturated heterocycles. The molecule has 5 nitrogen and oxygen atoms in total. The zero-order chi connectivity index (χ0) is 11.3. The molecule has 80 valence electrons. The molecule has 0 radical (unpaired) electrons. The number of carbonyl (C=O) groups is 1. The summed E-state index contributed by atoms with van der Waals surface area (Å²) in [6.45, 7) is 0.315. The van der Waals surface area contributed by atoms with Crippen molar-refractivity contribution in [1.29, 1.82) is 0 Å². The number of aromatic nitrogens is 2. The summed E-state index contributed by atoms with van der Waals surface area (Å²) in [5, 5.41) is 3.94. The molecule has 0 aromatic carbocycles. The van der Waals surface area contributed by atoms with Crippen LogP contribution >= 0.6 is 0 Å². The van der Waals surface area contributed by atoms with Crippen molar-refractivity contribution < 1.29 is 14.3 Å². The predicted octanol–water partition coefficient (Wildman–Crippen LogP) is 0.205. The van der Waals surface area contributed by atoms with Crippen molar-refractivity contribution in [3.63, 3.8) is 0 Å². The Hall–Kier alpha value is -1.80. The van der Waals surface area contributed by atoms with Gasteiger partial charge in [-0.2, -0.15) is 5.10 Å². The Morgan fingerprint density at radius 3 is 2.93 bits per heavy atom. The molecule has 15 heavy (non-hydrogen) atoms. The van der Waals surface area contributed by atoms with Gasteiger partial charge in [0.1, 0.15) is 6.61 Å². The van der Waals surface area contributed by atoms with Gasteiger partial charge in [-0.1, -0.05) is 11.8 Å². The number of ether oxygens (including phenoxy) is 2. The smallest absolute Gasteiger partial charge is 0.357 e. The van der Waals surface area contributed by atoms with E-state index < -0.39 is 5.97 Å². The number of nitrogens with zero attached hydrogens (tertiary/aromatic N) is 2. The first kappa shape index (κ1) is 11.3. The number of esters is 1. The highest BCUT2D eigenvalue weighted by Crippen LogP contribution is 2.06. The molecule has 0 N–H and O–H groups in total. The largest absolute Gasteiger partial charge is 0.464 e. The summed E-state index contributed by atoms with van der Waals surface area (Å²) in [5.74, 6) is 5.09. The van der Waals surface area contributed by atoms with Gasteiger partial charge in [-0.15, -0.1) is 0 Å². The summed E-state index contributed by atoms with van der Waals surface area (Å²) in [4.78, 5) is 11.4. The fraction of sp³-hybridized carbons (Fsp3) is 0.400. The van der Waals surface area contributed by atoms with Gasteiger partial charge < -0.3 is 9.47 Å². The molecule has 1 rings (SSSR count).